The summed E-state index contributed by atoms with van der Waals surface area (Å²) in [5.74, 6) is 0. The highest BCUT2D eigenvalue weighted by atomic mass is 16.6. The van der Waals surface area contributed by atoms with Crippen LogP contribution in [-0.4, -0.2) is 31.4 Å². The fourth-order valence-electron chi connectivity index (χ4n) is 0.912. The third-order valence-electron chi connectivity index (χ3n) is 1.53. The number of hydrogen-bond donors (Lipinski definition) is 2. The van der Waals surface area contributed by atoms with E-state index >= 15 is 0 Å². The third kappa shape index (κ3) is 11.3. The standard InChI is InChI=1S/C11H24N2O3/c1-5-9-15-13-8-6-7-12-10(14)16-11(2,3)4/h13H,5-9H2,1-4H3,(H,12,14). The van der Waals surface area contributed by atoms with Crippen molar-refractivity contribution in [1.82, 2.24) is 10.8 Å². The van der Waals surface area contributed by atoms with Crippen molar-refractivity contribution < 1.29 is 14.4 Å². The molecule has 0 aromatic heterocycles. The number of ether oxygens (including phenoxy) is 1. The second-order valence-corrected chi connectivity index (χ2v) is 4.53. The van der Waals surface area contributed by atoms with Crippen molar-refractivity contribution in [1.29, 1.82) is 0 Å². The van der Waals surface area contributed by atoms with Crippen LogP contribution in [0.5, 0.6) is 0 Å². The van der Waals surface area contributed by atoms with E-state index in [0.717, 1.165) is 19.4 Å². The third-order valence-corrected chi connectivity index (χ3v) is 1.53. The van der Waals surface area contributed by atoms with Crippen LogP contribution in [-0.2, 0) is 9.57 Å². The molecular formula is C11H24N2O3. The number of amides is 1. The number of rotatable bonds is 7. The predicted octanol–water partition coefficient (Wildman–Crippen LogP) is 1.83. The first-order chi connectivity index (χ1) is 7.45. The molecule has 2 N–H and O–H groups in total. The Morgan fingerprint density at radius 3 is 2.50 bits per heavy atom. The van der Waals surface area contributed by atoms with Crippen molar-refractivity contribution in [3.05, 3.63) is 0 Å². The zero-order valence-electron chi connectivity index (χ0n) is 10.8. The van der Waals surface area contributed by atoms with E-state index in [2.05, 4.69) is 10.8 Å². The van der Waals surface area contributed by atoms with Crippen molar-refractivity contribution in [2.45, 2.75) is 46.1 Å². The van der Waals surface area contributed by atoms with Crippen LogP contribution in [0.1, 0.15) is 40.5 Å². The van der Waals surface area contributed by atoms with Crippen LogP contribution < -0.4 is 10.8 Å². The minimum atomic E-state index is -0.438. The maximum absolute atomic E-state index is 11.2. The monoisotopic (exact) mass is 232 g/mol. The Morgan fingerprint density at radius 1 is 1.25 bits per heavy atom. The van der Waals surface area contributed by atoms with Crippen LogP contribution in [0.4, 0.5) is 4.79 Å². The molecule has 0 bridgehead atoms. The lowest BCUT2D eigenvalue weighted by molar-refractivity contribution is 0.0395. The minimum Gasteiger partial charge on any atom is -0.444 e. The van der Waals surface area contributed by atoms with Gasteiger partial charge in [0.1, 0.15) is 5.60 Å². The summed E-state index contributed by atoms with van der Waals surface area (Å²) in [6, 6.07) is 0. The topological polar surface area (TPSA) is 59.6 Å². The van der Waals surface area contributed by atoms with Gasteiger partial charge in [0.2, 0.25) is 0 Å². The van der Waals surface area contributed by atoms with Gasteiger partial charge >= 0.3 is 6.09 Å². The molecule has 96 valence electrons. The smallest absolute Gasteiger partial charge is 0.407 e. The molecule has 0 aliphatic carbocycles. The summed E-state index contributed by atoms with van der Waals surface area (Å²) in [7, 11) is 0. The summed E-state index contributed by atoms with van der Waals surface area (Å²) >= 11 is 0. The Labute approximate surface area is 97.8 Å². The van der Waals surface area contributed by atoms with E-state index < -0.39 is 5.60 Å². The lowest BCUT2D eigenvalue weighted by Gasteiger charge is -2.19. The summed E-state index contributed by atoms with van der Waals surface area (Å²) in [5, 5.41) is 2.67. The quantitative estimate of drug-likeness (QED) is 0.519. The van der Waals surface area contributed by atoms with E-state index in [9.17, 15) is 4.79 Å². The molecule has 0 aliphatic heterocycles. The van der Waals surface area contributed by atoms with E-state index in [1.54, 1.807) is 0 Å². The van der Waals surface area contributed by atoms with Crippen molar-refractivity contribution in [3.8, 4) is 0 Å². The van der Waals surface area contributed by atoms with E-state index in [-0.39, 0.29) is 6.09 Å². The summed E-state index contributed by atoms with van der Waals surface area (Å²) in [6.45, 7) is 9.57. The molecule has 0 fully saturated rings. The summed E-state index contributed by atoms with van der Waals surface area (Å²) in [6.07, 6.45) is 1.42. The molecule has 0 heterocycles. The first-order valence-electron chi connectivity index (χ1n) is 5.77. The van der Waals surface area contributed by atoms with Crippen molar-refractivity contribution in [2.75, 3.05) is 19.7 Å². The fourth-order valence-corrected chi connectivity index (χ4v) is 0.912. The minimum absolute atomic E-state index is 0.373. The Morgan fingerprint density at radius 2 is 1.94 bits per heavy atom. The number of hydroxylamine groups is 1. The van der Waals surface area contributed by atoms with Crippen LogP contribution in [0.3, 0.4) is 0 Å². The Hall–Kier alpha value is -0.810. The van der Waals surface area contributed by atoms with Gasteiger partial charge in [0.05, 0.1) is 6.61 Å². The van der Waals surface area contributed by atoms with Crippen LogP contribution in [0.15, 0.2) is 0 Å². The number of nitrogens with one attached hydrogen (secondary N) is 2. The molecule has 5 heteroatoms. The van der Waals surface area contributed by atoms with E-state index in [1.807, 2.05) is 27.7 Å². The predicted molar refractivity (Wildman–Crippen MR) is 63.1 cm³/mol. The molecule has 0 rings (SSSR count). The van der Waals surface area contributed by atoms with Crippen molar-refractivity contribution in [3.63, 3.8) is 0 Å². The molecule has 1 amide bonds. The molecule has 0 aromatic carbocycles. The lowest BCUT2D eigenvalue weighted by Crippen LogP contribution is -2.33. The molecule has 16 heavy (non-hydrogen) atoms. The van der Waals surface area contributed by atoms with E-state index in [4.69, 9.17) is 9.57 Å². The normalized spacial score (nSPS) is 11.2. The molecular weight excluding hydrogens is 208 g/mol. The molecule has 5 nitrogen and oxygen atoms in total. The highest BCUT2D eigenvalue weighted by Crippen LogP contribution is 2.06. The number of alkyl carbamates (subject to hydrolysis) is 1. The van der Waals surface area contributed by atoms with Gasteiger partial charge in [-0.3, -0.25) is 0 Å². The van der Waals surface area contributed by atoms with Crippen LogP contribution in [0.2, 0.25) is 0 Å². The van der Waals surface area contributed by atoms with Crippen LogP contribution >= 0.6 is 0 Å². The molecule has 0 saturated carbocycles. The zero-order valence-corrected chi connectivity index (χ0v) is 10.8. The second kappa shape index (κ2) is 8.35. The molecule has 0 radical (unpaired) electrons. The van der Waals surface area contributed by atoms with Gasteiger partial charge in [-0.25, -0.2) is 10.3 Å². The molecule has 0 aliphatic rings. The number of carbonyl (C=O) groups is 1. The molecule has 0 atom stereocenters. The molecule has 0 saturated heterocycles. The van der Waals surface area contributed by atoms with Gasteiger partial charge in [-0.05, 0) is 33.6 Å². The summed E-state index contributed by atoms with van der Waals surface area (Å²) in [5.41, 5.74) is 2.38. The van der Waals surface area contributed by atoms with Crippen LogP contribution in [0.25, 0.3) is 0 Å². The lowest BCUT2D eigenvalue weighted by atomic mass is 10.2. The average molecular weight is 232 g/mol. The highest BCUT2D eigenvalue weighted by Gasteiger charge is 2.15. The highest BCUT2D eigenvalue weighted by molar-refractivity contribution is 5.67. The molecule has 0 spiro atoms. The van der Waals surface area contributed by atoms with Gasteiger partial charge in [0.15, 0.2) is 0 Å². The molecule has 0 unspecified atom stereocenters. The number of hydrogen-bond acceptors (Lipinski definition) is 4. The first kappa shape index (κ1) is 15.2. The van der Waals surface area contributed by atoms with Gasteiger partial charge in [0, 0.05) is 13.1 Å². The van der Waals surface area contributed by atoms with Crippen molar-refractivity contribution >= 4 is 6.09 Å². The number of carbonyl (C=O) groups excluding carboxylic acids is 1. The van der Waals surface area contributed by atoms with Crippen LogP contribution in [0, 0.1) is 0 Å². The van der Waals surface area contributed by atoms with Gasteiger partial charge < -0.3 is 14.9 Å². The van der Waals surface area contributed by atoms with E-state index in [0.29, 0.717) is 13.2 Å². The first-order valence-corrected chi connectivity index (χ1v) is 5.77. The Balaban J connectivity index is 3.28. The largest absolute Gasteiger partial charge is 0.444 e. The van der Waals surface area contributed by atoms with E-state index in [1.165, 1.54) is 0 Å². The van der Waals surface area contributed by atoms with Gasteiger partial charge in [-0.2, -0.15) is 0 Å². The van der Waals surface area contributed by atoms with Gasteiger partial charge in [-0.15, -0.1) is 0 Å². The van der Waals surface area contributed by atoms with Gasteiger partial charge in [-0.1, -0.05) is 6.92 Å². The average Bonchev–Trinajstić information content (AvgIpc) is 2.13. The fraction of sp³-hybridized carbons (Fsp3) is 0.909. The maximum atomic E-state index is 11.2. The summed E-state index contributed by atoms with van der Waals surface area (Å²) < 4.78 is 5.08. The Bertz CT molecular complexity index is 190. The molecule has 0 aromatic rings. The maximum Gasteiger partial charge on any atom is 0.407 e. The Kier molecular flexibility index (Phi) is 7.93. The van der Waals surface area contributed by atoms with Crippen molar-refractivity contribution in [2.24, 2.45) is 0 Å². The SMILES string of the molecule is CCCONCCCNC(=O)OC(C)(C)C. The van der Waals surface area contributed by atoms with Gasteiger partial charge in [0.25, 0.3) is 0 Å². The second-order valence-electron chi connectivity index (χ2n) is 4.53. The summed E-state index contributed by atoms with van der Waals surface area (Å²) in [4.78, 5) is 16.3. The zero-order chi connectivity index (χ0) is 12.4.